The summed E-state index contributed by atoms with van der Waals surface area (Å²) in [5, 5.41) is 0. The molecule has 1 aromatic rings. The van der Waals surface area contributed by atoms with E-state index in [1.807, 2.05) is 23.1 Å². The first-order valence-corrected chi connectivity index (χ1v) is 10.9. The van der Waals surface area contributed by atoms with Crippen LogP contribution in [0.4, 0.5) is 0 Å². The molecule has 1 saturated heterocycles. The lowest BCUT2D eigenvalue weighted by Crippen LogP contribution is -2.51. The minimum Gasteiger partial charge on any atom is -0.497 e. The Kier molecular flexibility index (Phi) is 7.78. The van der Waals surface area contributed by atoms with Crippen LogP contribution in [-0.4, -0.2) is 74.4 Å². The largest absolute Gasteiger partial charge is 0.497 e. The van der Waals surface area contributed by atoms with Gasteiger partial charge in [0.25, 0.3) is 5.91 Å². The van der Waals surface area contributed by atoms with Crippen molar-refractivity contribution in [1.29, 1.82) is 0 Å². The zero-order chi connectivity index (χ0) is 20.8. The van der Waals surface area contributed by atoms with Gasteiger partial charge in [-0.15, -0.1) is 0 Å². The first kappa shape index (κ1) is 21.9. The summed E-state index contributed by atoms with van der Waals surface area (Å²) in [5.74, 6) is 1.34. The van der Waals surface area contributed by atoms with Crippen molar-refractivity contribution in [2.75, 3.05) is 40.5 Å². The van der Waals surface area contributed by atoms with Crippen molar-refractivity contribution in [2.24, 2.45) is 0 Å². The fourth-order valence-corrected chi connectivity index (χ4v) is 4.54. The predicted molar refractivity (Wildman–Crippen MR) is 114 cm³/mol. The Morgan fingerprint density at radius 1 is 1.07 bits per heavy atom. The van der Waals surface area contributed by atoms with Crippen molar-refractivity contribution in [1.82, 2.24) is 9.80 Å². The molecule has 0 saturated carbocycles. The topological polar surface area (TPSA) is 51.2 Å². The quantitative estimate of drug-likeness (QED) is 0.771. The number of rotatable bonds is 3. The predicted octanol–water partition coefficient (Wildman–Crippen LogP) is 3.59. The van der Waals surface area contributed by atoms with E-state index in [2.05, 4.69) is 18.7 Å². The van der Waals surface area contributed by atoms with Crippen LogP contribution < -0.4 is 9.47 Å². The maximum absolute atomic E-state index is 13.5. The fourth-order valence-electron chi connectivity index (χ4n) is 4.54. The molecule has 0 bridgehead atoms. The molecule has 1 amide bonds. The Balaban J connectivity index is 1.93. The summed E-state index contributed by atoms with van der Waals surface area (Å²) < 4.78 is 17.3. The molecule has 0 spiro atoms. The van der Waals surface area contributed by atoms with Gasteiger partial charge in [0.05, 0.1) is 24.8 Å². The molecule has 29 heavy (non-hydrogen) atoms. The highest BCUT2D eigenvalue weighted by Gasteiger charge is 2.35. The standard InChI is InChI=1S/C23H36N2O4/c1-17(2)24-12-6-5-8-20-21(28-4)9-7-13-25(20)23(26)19-11-10-18(27-3)16-22(19)29-15-14-24/h10-11,16-17,20-21H,5-9,12-15H2,1-4H3/t20-,21-/m1/s1. The van der Waals surface area contributed by atoms with Crippen molar-refractivity contribution < 1.29 is 19.0 Å². The normalized spacial score (nSPS) is 24.6. The third-order valence-electron chi connectivity index (χ3n) is 6.26. The van der Waals surface area contributed by atoms with Gasteiger partial charge in [-0.05, 0) is 58.2 Å². The number of amides is 1. The number of hydrogen-bond acceptors (Lipinski definition) is 5. The molecule has 1 fully saturated rings. The molecule has 6 heteroatoms. The summed E-state index contributed by atoms with van der Waals surface area (Å²) >= 11 is 0. The van der Waals surface area contributed by atoms with Crippen molar-refractivity contribution in [3.05, 3.63) is 23.8 Å². The monoisotopic (exact) mass is 404 g/mol. The minimum atomic E-state index is 0.0364. The van der Waals surface area contributed by atoms with Gasteiger partial charge in [-0.2, -0.15) is 0 Å². The van der Waals surface area contributed by atoms with E-state index in [0.29, 0.717) is 29.7 Å². The molecule has 3 rings (SSSR count). The maximum atomic E-state index is 13.5. The van der Waals surface area contributed by atoms with E-state index in [4.69, 9.17) is 14.2 Å². The molecule has 2 aliphatic rings. The van der Waals surface area contributed by atoms with E-state index in [-0.39, 0.29) is 18.1 Å². The number of carbonyl (C=O) groups excluding carboxylic acids is 1. The van der Waals surface area contributed by atoms with Crippen LogP contribution in [0, 0.1) is 0 Å². The Morgan fingerprint density at radius 2 is 1.90 bits per heavy atom. The van der Waals surface area contributed by atoms with Gasteiger partial charge in [0.1, 0.15) is 18.1 Å². The lowest BCUT2D eigenvalue weighted by atomic mass is 9.93. The van der Waals surface area contributed by atoms with E-state index >= 15 is 0 Å². The molecule has 162 valence electrons. The highest BCUT2D eigenvalue weighted by atomic mass is 16.5. The van der Waals surface area contributed by atoms with Gasteiger partial charge >= 0.3 is 0 Å². The molecule has 2 heterocycles. The van der Waals surface area contributed by atoms with E-state index in [1.54, 1.807) is 14.2 Å². The van der Waals surface area contributed by atoms with Crippen LogP contribution >= 0.6 is 0 Å². The Bertz CT molecular complexity index is 679. The van der Waals surface area contributed by atoms with E-state index in [1.165, 1.54) is 0 Å². The Labute approximate surface area is 175 Å². The van der Waals surface area contributed by atoms with Crippen LogP contribution in [0.25, 0.3) is 0 Å². The van der Waals surface area contributed by atoms with Gasteiger partial charge in [0.2, 0.25) is 0 Å². The number of fused-ring (bicyclic) bond motifs is 2. The molecular weight excluding hydrogens is 368 g/mol. The number of methoxy groups -OCH3 is 2. The summed E-state index contributed by atoms with van der Waals surface area (Å²) in [4.78, 5) is 18.0. The first-order valence-electron chi connectivity index (χ1n) is 10.9. The zero-order valence-corrected chi connectivity index (χ0v) is 18.4. The van der Waals surface area contributed by atoms with E-state index < -0.39 is 0 Å². The molecule has 0 aliphatic carbocycles. The zero-order valence-electron chi connectivity index (χ0n) is 18.4. The number of hydrogen-bond donors (Lipinski definition) is 0. The molecule has 2 atom stereocenters. The number of piperidine rings is 1. The van der Waals surface area contributed by atoms with Crippen LogP contribution in [0.1, 0.15) is 56.3 Å². The summed E-state index contributed by atoms with van der Waals surface area (Å²) in [6, 6.07) is 6.09. The summed E-state index contributed by atoms with van der Waals surface area (Å²) in [7, 11) is 3.40. The van der Waals surface area contributed by atoms with Crippen LogP contribution in [0.5, 0.6) is 11.5 Å². The lowest BCUT2D eigenvalue weighted by Gasteiger charge is -2.41. The number of benzene rings is 1. The molecular formula is C23H36N2O4. The van der Waals surface area contributed by atoms with Crippen LogP contribution in [-0.2, 0) is 4.74 Å². The molecule has 1 aromatic carbocycles. The second-order valence-electron chi connectivity index (χ2n) is 8.32. The van der Waals surface area contributed by atoms with Gasteiger partial charge in [0.15, 0.2) is 0 Å². The smallest absolute Gasteiger partial charge is 0.257 e. The second kappa shape index (κ2) is 10.3. The van der Waals surface area contributed by atoms with E-state index in [9.17, 15) is 4.79 Å². The van der Waals surface area contributed by atoms with Crippen LogP contribution in [0.15, 0.2) is 18.2 Å². The van der Waals surface area contributed by atoms with Gasteiger partial charge in [-0.25, -0.2) is 0 Å². The highest BCUT2D eigenvalue weighted by Crippen LogP contribution is 2.31. The van der Waals surface area contributed by atoms with Crippen molar-refractivity contribution >= 4 is 5.91 Å². The number of carbonyl (C=O) groups is 1. The van der Waals surface area contributed by atoms with Gasteiger partial charge in [-0.1, -0.05) is 6.42 Å². The molecule has 0 aromatic heterocycles. The van der Waals surface area contributed by atoms with Crippen LogP contribution in [0.2, 0.25) is 0 Å². The third kappa shape index (κ3) is 5.23. The fraction of sp³-hybridized carbons (Fsp3) is 0.696. The van der Waals surface area contributed by atoms with Crippen molar-refractivity contribution in [3.63, 3.8) is 0 Å². The average Bonchev–Trinajstić information content (AvgIpc) is 2.74. The molecule has 0 radical (unpaired) electrons. The Morgan fingerprint density at radius 3 is 2.62 bits per heavy atom. The SMILES string of the molecule is COc1ccc2c(c1)OCCN(C(C)C)CCCC[C@@H]1[C@H](OC)CCCN1C2=O. The maximum Gasteiger partial charge on any atom is 0.257 e. The van der Waals surface area contributed by atoms with E-state index in [0.717, 1.165) is 51.7 Å². The second-order valence-corrected chi connectivity index (χ2v) is 8.32. The number of ether oxygens (including phenoxy) is 3. The molecule has 0 unspecified atom stereocenters. The minimum absolute atomic E-state index is 0.0364. The number of nitrogens with zero attached hydrogens (tertiary/aromatic N) is 2. The Hall–Kier alpha value is -1.79. The summed E-state index contributed by atoms with van der Waals surface area (Å²) in [6.45, 7) is 7.66. The molecule has 0 N–H and O–H groups in total. The third-order valence-corrected chi connectivity index (χ3v) is 6.26. The van der Waals surface area contributed by atoms with Gasteiger partial charge in [-0.3, -0.25) is 9.69 Å². The van der Waals surface area contributed by atoms with Gasteiger partial charge < -0.3 is 19.1 Å². The lowest BCUT2D eigenvalue weighted by molar-refractivity contribution is -0.0156. The van der Waals surface area contributed by atoms with Crippen molar-refractivity contribution in [2.45, 2.75) is 64.1 Å². The van der Waals surface area contributed by atoms with Gasteiger partial charge in [0, 0.05) is 32.3 Å². The summed E-state index contributed by atoms with van der Waals surface area (Å²) in [6.07, 6.45) is 5.26. The highest BCUT2D eigenvalue weighted by molar-refractivity contribution is 5.97. The van der Waals surface area contributed by atoms with Crippen molar-refractivity contribution in [3.8, 4) is 11.5 Å². The summed E-state index contributed by atoms with van der Waals surface area (Å²) in [5.41, 5.74) is 0.614. The molecule has 2 aliphatic heterocycles. The van der Waals surface area contributed by atoms with Crippen LogP contribution in [0.3, 0.4) is 0 Å². The first-order chi connectivity index (χ1) is 14.0. The average molecular weight is 405 g/mol. The molecule has 6 nitrogen and oxygen atoms in total.